The van der Waals surface area contributed by atoms with Gasteiger partial charge < -0.3 is 5.73 Å². The van der Waals surface area contributed by atoms with Crippen LogP contribution in [0.1, 0.15) is 12.5 Å². The smallest absolute Gasteiger partial charge is 0.121 e. The molecule has 15 heavy (non-hydrogen) atoms. The Morgan fingerprint density at radius 1 is 1.33 bits per heavy atom. The number of nitrogens with two attached hydrogens (primary N) is 1. The lowest BCUT2D eigenvalue weighted by molar-refractivity contribution is 0.782. The molecule has 2 aromatic rings. The number of hydrogen-bond donors (Lipinski definition) is 1. The molecule has 0 saturated heterocycles. The topological polar surface area (TPSA) is 43.8 Å². The summed E-state index contributed by atoms with van der Waals surface area (Å²) in [6, 6.07) is 10.3. The van der Waals surface area contributed by atoms with Crippen molar-refractivity contribution in [2.24, 2.45) is 7.05 Å². The summed E-state index contributed by atoms with van der Waals surface area (Å²) in [7, 11) is 1.85. The van der Waals surface area contributed by atoms with Gasteiger partial charge in [-0.25, -0.2) is 0 Å². The van der Waals surface area contributed by atoms with E-state index in [-0.39, 0.29) is 0 Å². The highest BCUT2D eigenvalue weighted by Gasteiger charge is 2.04. The predicted molar refractivity (Wildman–Crippen MR) is 62.4 cm³/mol. The van der Waals surface area contributed by atoms with Crippen LogP contribution in [0.15, 0.2) is 30.3 Å². The van der Waals surface area contributed by atoms with E-state index in [1.165, 1.54) is 5.56 Å². The zero-order chi connectivity index (χ0) is 10.8. The normalized spacial score (nSPS) is 10.5. The molecule has 78 valence electrons. The number of benzene rings is 1. The van der Waals surface area contributed by atoms with Crippen LogP contribution < -0.4 is 5.73 Å². The molecule has 1 heterocycles. The molecule has 2 rings (SSSR count). The van der Waals surface area contributed by atoms with Gasteiger partial charge in [0.2, 0.25) is 0 Å². The average Bonchev–Trinajstić information content (AvgIpc) is 2.59. The van der Waals surface area contributed by atoms with Gasteiger partial charge in [-0.05, 0) is 18.1 Å². The molecule has 0 radical (unpaired) electrons. The molecule has 1 aromatic carbocycles. The van der Waals surface area contributed by atoms with Crippen molar-refractivity contribution in [3.63, 3.8) is 0 Å². The van der Waals surface area contributed by atoms with Crippen LogP contribution in [0.2, 0.25) is 0 Å². The summed E-state index contributed by atoms with van der Waals surface area (Å²) in [5, 5.41) is 4.35. The molecule has 1 aromatic heterocycles. The third-order valence-electron chi connectivity index (χ3n) is 2.55. The molecule has 3 nitrogen and oxygen atoms in total. The molecule has 2 N–H and O–H groups in total. The van der Waals surface area contributed by atoms with E-state index in [0.717, 1.165) is 17.7 Å². The quantitative estimate of drug-likeness (QED) is 0.809. The first-order valence-electron chi connectivity index (χ1n) is 5.09. The standard InChI is InChI=1S/C12H15N3/c1-3-9-5-4-6-10(7-9)11-8-12(13)15(2)14-11/h4-8H,3,13H2,1-2H3. The lowest BCUT2D eigenvalue weighted by atomic mass is 10.1. The zero-order valence-corrected chi connectivity index (χ0v) is 9.07. The van der Waals surface area contributed by atoms with Gasteiger partial charge in [0.05, 0.1) is 5.69 Å². The van der Waals surface area contributed by atoms with Gasteiger partial charge in [0, 0.05) is 18.7 Å². The van der Waals surface area contributed by atoms with Gasteiger partial charge in [-0.2, -0.15) is 5.10 Å². The molecule has 0 spiro atoms. The monoisotopic (exact) mass is 201 g/mol. The van der Waals surface area contributed by atoms with E-state index in [2.05, 4.69) is 36.3 Å². The Bertz CT molecular complexity index is 452. The van der Waals surface area contributed by atoms with Crippen LogP contribution in [-0.4, -0.2) is 9.78 Å². The van der Waals surface area contributed by atoms with E-state index in [9.17, 15) is 0 Å². The van der Waals surface area contributed by atoms with Crippen molar-refractivity contribution in [1.82, 2.24) is 9.78 Å². The first-order chi connectivity index (χ1) is 7.20. The second kappa shape index (κ2) is 3.77. The molecule has 0 bridgehead atoms. The summed E-state index contributed by atoms with van der Waals surface area (Å²) >= 11 is 0. The van der Waals surface area contributed by atoms with Gasteiger partial charge in [0.25, 0.3) is 0 Å². The Kier molecular flexibility index (Phi) is 2.46. The molecule has 0 fully saturated rings. The van der Waals surface area contributed by atoms with Crippen LogP contribution in [0.4, 0.5) is 5.82 Å². The van der Waals surface area contributed by atoms with Crippen LogP contribution in [0, 0.1) is 0 Å². The minimum atomic E-state index is 0.687. The maximum absolute atomic E-state index is 5.75. The first kappa shape index (κ1) is 9.77. The van der Waals surface area contributed by atoms with E-state index < -0.39 is 0 Å². The average molecular weight is 201 g/mol. The minimum absolute atomic E-state index is 0.687. The molecular formula is C12H15N3. The number of hydrogen-bond acceptors (Lipinski definition) is 2. The number of aromatic nitrogens is 2. The summed E-state index contributed by atoms with van der Waals surface area (Å²) in [6.07, 6.45) is 1.04. The van der Waals surface area contributed by atoms with Crippen molar-refractivity contribution in [1.29, 1.82) is 0 Å². The van der Waals surface area contributed by atoms with Gasteiger partial charge in [-0.1, -0.05) is 25.1 Å². The van der Waals surface area contributed by atoms with Crippen molar-refractivity contribution in [2.75, 3.05) is 5.73 Å². The second-order valence-corrected chi connectivity index (χ2v) is 3.63. The fraction of sp³-hybridized carbons (Fsp3) is 0.250. The highest BCUT2D eigenvalue weighted by molar-refractivity contribution is 5.63. The van der Waals surface area contributed by atoms with Crippen molar-refractivity contribution in [3.05, 3.63) is 35.9 Å². The molecule has 0 aliphatic heterocycles. The second-order valence-electron chi connectivity index (χ2n) is 3.63. The third kappa shape index (κ3) is 1.86. The van der Waals surface area contributed by atoms with E-state index in [1.807, 2.05) is 13.1 Å². The fourth-order valence-corrected chi connectivity index (χ4v) is 1.57. The Balaban J connectivity index is 2.44. The van der Waals surface area contributed by atoms with Crippen molar-refractivity contribution in [2.45, 2.75) is 13.3 Å². The first-order valence-corrected chi connectivity index (χ1v) is 5.09. The molecule has 0 atom stereocenters. The Labute approximate surface area is 89.5 Å². The lowest BCUT2D eigenvalue weighted by Crippen LogP contribution is -1.96. The van der Waals surface area contributed by atoms with Crippen molar-refractivity contribution < 1.29 is 0 Å². The van der Waals surface area contributed by atoms with Gasteiger partial charge >= 0.3 is 0 Å². The fourth-order valence-electron chi connectivity index (χ4n) is 1.57. The number of rotatable bonds is 2. The summed E-state index contributed by atoms with van der Waals surface area (Å²) < 4.78 is 1.69. The number of anilines is 1. The van der Waals surface area contributed by atoms with Crippen molar-refractivity contribution >= 4 is 5.82 Å². The molecular weight excluding hydrogens is 186 g/mol. The van der Waals surface area contributed by atoms with Crippen LogP contribution in [-0.2, 0) is 13.5 Å². The predicted octanol–water partition coefficient (Wildman–Crippen LogP) is 2.23. The highest BCUT2D eigenvalue weighted by atomic mass is 15.3. The number of aryl methyl sites for hydroxylation is 2. The molecule has 0 amide bonds. The lowest BCUT2D eigenvalue weighted by Gasteiger charge is -1.99. The van der Waals surface area contributed by atoms with Gasteiger partial charge in [0.15, 0.2) is 0 Å². The molecule has 0 aliphatic carbocycles. The van der Waals surface area contributed by atoms with Crippen LogP contribution in [0.5, 0.6) is 0 Å². The Morgan fingerprint density at radius 2 is 2.13 bits per heavy atom. The Hall–Kier alpha value is -1.77. The molecule has 0 unspecified atom stereocenters. The molecule has 0 saturated carbocycles. The molecule has 3 heteroatoms. The number of nitrogens with zero attached hydrogens (tertiary/aromatic N) is 2. The SMILES string of the molecule is CCc1cccc(-c2cc(N)n(C)n2)c1. The van der Waals surface area contributed by atoms with Crippen molar-refractivity contribution in [3.8, 4) is 11.3 Å². The maximum Gasteiger partial charge on any atom is 0.121 e. The van der Waals surface area contributed by atoms with Gasteiger partial charge in [-0.15, -0.1) is 0 Å². The van der Waals surface area contributed by atoms with Gasteiger partial charge in [0.1, 0.15) is 5.82 Å². The maximum atomic E-state index is 5.75. The van der Waals surface area contributed by atoms with Gasteiger partial charge in [-0.3, -0.25) is 4.68 Å². The largest absolute Gasteiger partial charge is 0.384 e. The summed E-state index contributed by atoms with van der Waals surface area (Å²) in [6.45, 7) is 2.14. The summed E-state index contributed by atoms with van der Waals surface area (Å²) in [5.41, 5.74) is 9.13. The highest BCUT2D eigenvalue weighted by Crippen LogP contribution is 2.20. The summed E-state index contributed by atoms with van der Waals surface area (Å²) in [4.78, 5) is 0. The van der Waals surface area contributed by atoms with Crippen LogP contribution >= 0.6 is 0 Å². The van der Waals surface area contributed by atoms with Crippen LogP contribution in [0.3, 0.4) is 0 Å². The Morgan fingerprint density at radius 3 is 2.73 bits per heavy atom. The van der Waals surface area contributed by atoms with E-state index in [1.54, 1.807) is 4.68 Å². The van der Waals surface area contributed by atoms with Crippen LogP contribution in [0.25, 0.3) is 11.3 Å². The third-order valence-corrected chi connectivity index (χ3v) is 2.55. The van der Waals surface area contributed by atoms with E-state index >= 15 is 0 Å². The minimum Gasteiger partial charge on any atom is -0.384 e. The summed E-state index contributed by atoms with van der Waals surface area (Å²) in [5.74, 6) is 0.687. The van der Waals surface area contributed by atoms with E-state index in [0.29, 0.717) is 5.82 Å². The zero-order valence-electron chi connectivity index (χ0n) is 9.07. The molecule has 0 aliphatic rings. The van der Waals surface area contributed by atoms with E-state index in [4.69, 9.17) is 5.73 Å². The number of nitrogen functional groups attached to an aromatic ring is 1.